The van der Waals surface area contributed by atoms with Gasteiger partial charge in [0.25, 0.3) is 0 Å². The zero-order valence-electron chi connectivity index (χ0n) is 17.8. The average molecular weight is 446 g/mol. The highest BCUT2D eigenvalue weighted by molar-refractivity contribution is 5.83. The topological polar surface area (TPSA) is 150 Å². The normalized spacial score (nSPS) is 26.6. The smallest absolute Gasteiger partial charge is 0.320 e. The van der Waals surface area contributed by atoms with Gasteiger partial charge in [-0.05, 0) is 19.3 Å². The van der Waals surface area contributed by atoms with E-state index in [0.717, 1.165) is 18.5 Å². The van der Waals surface area contributed by atoms with Crippen molar-refractivity contribution in [3.8, 4) is 6.01 Å². The van der Waals surface area contributed by atoms with Gasteiger partial charge in [0.1, 0.15) is 18.3 Å². The molecule has 2 fully saturated rings. The molecule has 5 rings (SSSR count). The predicted octanol–water partition coefficient (Wildman–Crippen LogP) is 0.968. The molecule has 0 bridgehead atoms. The van der Waals surface area contributed by atoms with E-state index in [1.165, 1.54) is 13.4 Å². The van der Waals surface area contributed by atoms with Gasteiger partial charge in [-0.15, -0.1) is 0 Å². The molecule has 3 aromatic rings. The maximum Gasteiger partial charge on any atom is 0.320 e. The Kier molecular flexibility index (Phi) is 5.67. The van der Waals surface area contributed by atoms with Crippen LogP contribution in [0.4, 0.5) is 5.82 Å². The molecule has 2 saturated heterocycles. The zero-order chi connectivity index (χ0) is 22.2. The van der Waals surface area contributed by atoms with Crippen LogP contribution in [0, 0.1) is 0 Å². The second-order valence-electron chi connectivity index (χ2n) is 7.92. The summed E-state index contributed by atoms with van der Waals surface area (Å²) in [6, 6.07) is 2.06. The first-order chi connectivity index (χ1) is 15.6. The molecule has 2 aliphatic heterocycles. The van der Waals surface area contributed by atoms with E-state index in [1.54, 1.807) is 10.6 Å². The fraction of sp³-hybridized carbons (Fsp3) is 0.600. The molecule has 0 unspecified atom stereocenters. The lowest BCUT2D eigenvalue weighted by Gasteiger charge is -2.23. The molecule has 0 aromatic carbocycles. The number of aromatic nitrogens is 5. The summed E-state index contributed by atoms with van der Waals surface area (Å²) in [6.45, 7) is 3.31. The zero-order valence-corrected chi connectivity index (χ0v) is 17.8. The van der Waals surface area contributed by atoms with Crippen molar-refractivity contribution in [1.82, 2.24) is 24.7 Å². The lowest BCUT2D eigenvalue weighted by molar-refractivity contribution is -0.0434. The van der Waals surface area contributed by atoms with Crippen LogP contribution in [0.1, 0.15) is 43.6 Å². The summed E-state index contributed by atoms with van der Waals surface area (Å²) in [4.78, 5) is 13.3. The minimum Gasteiger partial charge on any atom is -0.467 e. The van der Waals surface area contributed by atoms with Crippen LogP contribution in [0.15, 0.2) is 16.9 Å². The number of methoxy groups -OCH3 is 1. The van der Waals surface area contributed by atoms with E-state index in [9.17, 15) is 10.2 Å². The van der Waals surface area contributed by atoms with Gasteiger partial charge in [0, 0.05) is 25.3 Å². The van der Waals surface area contributed by atoms with Crippen molar-refractivity contribution in [3.05, 3.63) is 23.8 Å². The van der Waals surface area contributed by atoms with Crippen molar-refractivity contribution in [2.75, 3.05) is 25.6 Å². The number of fused-ring (bicyclic) bond motifs is 1. The van der Waals surface area contributed by atoms with E-state index in [0.29, 0.717) is 42.4 Å². The average Bonchev–Trinajstić information content (AvgIpc) is 3.53. The Labute approximate surface area is 183 Å². The molecule has 3 aromatic heterocycles. The summed E-state index contributed by atoms with van der Waals surface area (Å²) in [5.74, 6) is 0.888. The fourth-order valence-electron chi connectivity index (χ4n) is 4.06. The highest BCUT2D eigenvalue weighted by Gasteiger charge is 2.47. The van der Waals surface area contributed by atoms with Crippen LogP contribution in [0.25, 0.3) is 11.2 Å². The van der Waals surface area contributed by atoms with Gasteiger partial charge < -0.3 is 34.3 Å². The molecule has 0 amide bonds. The number of anilines is 1. The molecule has 32 heavy (non-hydrogen) atoms. The summed E-state index contributed by atoms with van der Waals surface area (Å²) >= 11 is 0. The summed E-state index contributed by atoms with van der Waals surface area (Å²) in [5.41, 5.74) is 1.66. The number of hydrogen-bond acceptors (Lipinski definition) is 11. The second-order valence-corrected chi connectivity index (χ2v) is 7.92. The molecule has 0 radical (unpaired) electrons. The summed E-state index contributed by atoms with van der Waals surface area (Å²) in [5, 5.41) is 28.7. The van der Waals surface area contributed by atoms with E-state index in [2.05, 4.69) is 25.4 Å². The molecule has 2 aliphatic rings. The van der Waals surface area contributed by atoms with Gasteiger partial charge >= 0.3 is 6.01 Å². The Morgan fingerprint density at radius 2 is 2.03 bits per heavy atom. The minimum atomic E-state index is -1.24. The quantitative estimate of drug-likeness (QED) is 0.497. The van der Waals surface area contributed by atoms with Crippen molar-refractivity contribution < 1.29 is 28.9 Å². The molecular weight excluding hydrogens is 420 g/mol. The number of aryl methyl sites for hydroxylation is 1. The monoisotopic (exact) mass is 446 g/mol. The molecule has 0 saturated carbocycles. The van der Waals surface area contributed by atoms with Crippen LogP contribution < -0.4 is 10.1 Å². The SMILES string of the molecule is CCc1cc([C@H]2O[C@@H](n3cnc4c(NC5CCOCC5)nc(OC)nc43)[C@H](O)[C@@H]2O)on1. The molecule has 0 spiro atoms. The van der Waals surface area contributed by atoms with Gasteiger partial charge in [-0.25, -0.2) is 4.98 Å². The third-order valence-electron chi connectivity index (χ3n) is 5.88. The van der Waals surface area contributed by atoms with Crippen LogP contribution in [-0.4, -0.2) is 73.5 Å². The number of aliphatic hydroxyl groups excluding tert-OH is 2. The molecule has 0 aliphatic carbocycles. The van der Waals surface area contributed by atoms with Gasteiger partial charge in [-0.3, -0.25) is 4.57 Å². The number of nitrogens with zero attached hydrogens (tertiary/aromatic N) is 5. The van der Waals surface area contributed by atoms with Crippen molar-refractivity contribution in [2.45, 2.75) is 56.8 Å². The molecule has 12 nitrogen and oxygen atoms in total. The van der Waals surface area contributed by atoms with Crippen LogP contribution in [0.2, 0.25) is 0 Å². The van der Waals surface area contributed by atoms with Gasteiger partial charge in [-0.1, -0.05) is 12.1 Å². The Bertz CT molecular complexity index is 1080. The number of nitrogens with one attached hydrogen (secondary N) is 1. The third-order valence-corrected chi connectivity index (χ3v) is 5.88. The minimum absolute atomic E-state index is 0.154. The Hall–Kier alpha value is -2.80. The van der Waals surface area contributed by atoms with Gasteiger partial charge in [0.05, 0.1) is 19.1 Å². The third kappa shape index (κ3) is 3.68. The molecule has 172 valence electrons. The maximum atomic E-state index is 10.8. The van der Waals surface area contributed by atoms with Crippen LogP contribution in [0.3, 0.4) is 0 Å². The highest BCUT2D eigenvalue weighted by Crippen LogP contribution is 2.40. The van der Waals surface area contributed by atoms with E-state index in [1.807, 2.05) is 6.92 Å². The molecular formula is C20H26N6O6. The molecule has 12 heteroatoms. The standard InChI is InChI=1S/C20H26N6O6/c1-3-10-8-12(32-25-10)16-14(27)15(28)19(31-16)26-9-21-13-17(22-11-4-6-30-7-5-11)23-20(29-2)24-18(13)26/h8-9,11,14-16,19,27-28H,3-7H2,1-2H3,(H,22,23,24)/t14-,15+,16+,19+/m0/s1. The number of rotatable bonds is 6. The first-order valence-corrected chi connectivity index (χ1v) is 10.7. The second kappa shape index (κ2) is 8.62. The van der Waals surface area contributed by atoms with Gasteiger partial charge in [0.2, 0.25) is 0 Å². The molecule has 3 N–H and O–H groups in total. The molecule has 4 atom stereocenters. The number of ether oxygens (including phenoxy) is 3. The summed E-state index contributed by atoms with van der Waals surface area (Å²) < 4.78 is 23.6. The Morgan fingerprint density at radius 3 is 2.75 bits per heavy atom. The van der Waals surface area contributed by atoms with Crippen LogP contribution >= 0.6 is 0 Å². The van der Waals surface area contributed by atoms with E-state index >= 15 is 0 Å². The first kappa shape index (κ1) is 21.1. The van der Waals surface area contributed by atoms with Gasteiger partial charge in [-0.2, -0.15) is 9.97 Å². The van der Waals surface area contributed by atoms with Crippen molar-refractivity contribution in [2.24, 2.45) is 0 Å². The van der Waals surface area contributed by atoms with Crippen LogP contribution in [0.5, 0.6) is 6.01 Å². The number of hydrogen-bond donors (Lipinski definition) is 3. The summed E-state index contributed by atoms with van der Waals surface area (Å²) in [7, 11) is 1.48. The summed E-state index contributed by atoms with van der Waals surface area (Å²) in [6.07, 6.45) is -0.361. The van der Waals surface area contributed by atoms with Gasteiger partial charge in [0.15, 0.2) is 29.0 Å². The lowest BCUT2D eigenvalue weighted by atomic mass is 10.1. The fourth-order valence-corrected chi connectivity index (χ4v) is 4.06. The Balaban J connectivity index is 1.47. The van der Waals surface area contributed by atoms with Crippen molar-refractivity contribution in [1.29, 1.82) is 0 Å². The highest BCUT2D eigenvalue weighted by atomic mass is 16.6. The first-order valence-electron chi connectivity index (χ1n) is 10.7. The molecule has 5 heterocycles. The Morgan fingerprint density at radius 1 is 1.22 bits per heavy atom. The van der Waals surface area contributed by atoms with Crippen molar-refractivity contribution >= 4 is 17.0 Å². The maximum absolute atomic E-state index is 10.8. The lowest BCUT2D eigenvalue weighted by Crippen LogP contribution is -2.29. The largest absolute Gasteiger partial charge is 0.467 e. The van der Waals surface area contributed by atoms with E-state index < -0.39 is 24.5 Å². The van der Waals surface area contributed by atoms with Crippen LogP contribution in [-0.2, 0) is 15.9 Å². The number of imidazole rings is 1. The van der Waals surface area contributed by atoms with E-state index in [4.69, 9.17) is 18.7 Å². The number of aliphatic hydroxyl groups is 2. The van der Waals surface area contributed by atoms with Crippen molar-refractivity contribution in [3.63, 3.8) is 0 Å². The predicted molar refractivity (Wildman–Crippen MR) is 110 cm³/mol. The van der Waals surface area contributed by atoms with E-state index in [-0.39, 0.29) is 12.1 Å².